The van der Waals surface area contributed by atoms with E-state index in [0.717, 1.165) is 16.7 Å². The van der Waals surface area contributed by atoms with Gasteiger partial charge in [-0.05, 0) is 29.2 Å². The van der Waals surface area contributed by atoms with Crippen molar-refractivity contribution in [2.24, 2.45) is 0 Å². The Labute approximate surface area is 124 Å². The van der Waals surface area contributed by atoms with Gasteiger partial charge in [0, 0.05) is 6.61 Å². The number of nitrogens with one attached hydrogen (secondary N) is 1. The van der Waals surface area contributed by atoms with E-state index in [2.05, 4.69) is 24.0 Å². The monoisotopic (exact) mass is 281 g/mol. The van der Waals surface area contributed by atoms with Gasteiger partial charge >= 0.3 is 0 Å². The van der Waals surface area contributed by atoms with E-state index < -0.39 is 0 Å². The van der Waals surface area contributed by atoms with Crippen LogP contribution in [-0.2, 0) is 4.79 Å². The SMILES string of the molecule is C=CC(=O)N[C@@H](CCO)c1ccc(-c2ccccc2)cc1. The minimum atomic E-state index is -0.236. The fraction of sp³-hybridized carbons (Fsp3) is 0.167. The number of amides is 1. The highest BCUT2D eigenvalue weighted by molar-refractivity contribution is 5.87. The second-order valence-electron chi connectivity index (χ2n) is 4.77. The van der Waals surface area contributed by atoms with Crippen molar-refractivity contribution in [3.05, 3.63) is 72.8 Å². The summed E-state index contributed by atoms with van der Waals surface area (Å²) in [5, 5.41) is 12.0. The molecule has 3 heteroatoms. The van der Waals surface area contributed by atoms with Gasteiger partial charge in [-0.25, -0.2) is 0 Å². The van der Waals surface area contributed by atoms with Crippen LogP contribution in [0.1, 0.15) is 18.0 Å². The summed E-state index contributed by atoms with van der Waals surface area (Å²) < 4.78 is 0. The maximum absolute atomic E-state index is 11.4. The fourth-order valence-electron chi connectivity index (χ4n) is 2.22. The molecule has 0 spiro atoms. The molecule has 0 unspecified atom stereocenters. The Balaban J connectivity index is 2.19. The Morgan fingerprint density at radius 1 is 1.10 bits per heavy atom. The zero-order chi connectivity index (χ0) is 15.1. The van der Waals surface area contributed by atoms with Crippen molar-refractivity contribution in [2.75, 3.05) is 6.61 Å². The van der Waals surface area contributed by atoms with Gasteiger partial charge in [0.05, 0.1) is 6.04 Å². The molecule has 21 heavy (non-hydrogen) atoms. The van der Waals surface area contributed by atoms with Crippen LogP contribution in [0.3, 0.4) is 0 Å². The van der Waals surface area contributed by atoms with Crippen molar-refractivity contribution in [1.29, 1.82) is 0 Å². The van der Waals surface area contributed by atoms with Gasteiger partial charge in [-0.3, -0.25) is 4.79 Å². The molecular weight excluding hydrogens is 262 g/mol. The molecule has 2 rings (SSSR count). The molecule has 0 aliphatic rings. The Morgan fingerprint density at radius 2 is 1.71 bits per heavy atom. The van der Waals surface area contributed by atoms with Crippen molar-refractivity contribution >= 4 is 5.91 Å². The second kappa shape index (κ2) is 7.41. The lowest BCUT2D eigenvalue weighted by molar-refractivity contribution is -0.117. The highest BCUT2D eigenvalue weighted by Gasteiger charge is 2.12. The molecule has 0 aliphatic carbocycles. The number of carbonyl (C=O) groups is 1. The largest absolute Gasteiger partial charge is 0.396 e. The lowest BCUT2D eigenvalue weighted by atomic mass is 9.99. The number of carbonyl (C=O) groups excluding carboxylic acids is 1. The molecule has 0 aliphatic heterocycles. The van der Waals surface area contributed by atoms with E-state index in [1.165, 1.54) is 6.08 Å². The van der Waals surface area contributed by atoms with Gasteiger partial charge in [-0.1, -0.05) is 61.2 Å². The fourth-order valence-corrected chi connectivity index (χ4v) is 2.22. The van der Waals surface area contributed by atoms with E-state index in [4.69, 9.17) is 5.11 Å². The summed E-state index contributed by atoms with van der Waals surface area (Å²) in [5.74, 6) is -0.236. The van der Waals surface area contributed by atoms with Crippen LogP contribution in [0.5, 0.6) is 0 Å². The van der Waals surface area contributed by atoms with Crippen molar-refractivity contribution < 1.29 is 9.90 Å². The third-order valence-corrected chi connectivity index (χ3v) is 3.34. The van der Waals surface area contributed by atoms with Gasteiger partial charge in [-0.15, -0.1) is 0 Å². The third-order valence-electron chi connectivity index (χ3n) is 3.34. The summed E-state index contributed by atoms with van der Waals surface area (Å²) in [6, 6.07) is 17.9. The lowest BCUT2D eigenvalue weighted by Crippen LogP contribution is -2.27. The summed E-state index contributed by atoms with van der Waals surface area (Å²) in [4.78, 5) is 11.4. The van der Waals surface area contributed by atoms with Gasteiger partial charge in [0.1, 0.15) is 0 Å². The first-order valence-electron chi connectivity index (χ1n) is 6.93. The summed E-state index contributed by atoms with van der Waals surface area (Å²) in [5.41, 5.74) is 3.24. The maximum Gasteiger partial charge on any atom is 0.243 e. The topological polar surface area (TPSA) is 49.3 Å². The summed E-state index contributed by atoms with van der Waals surface area (Å²) in [6.45, 7) is 3.46. The Kier molecular flexibility index (Phi) is 5.29. The second-order valence-corrected chi connectivity index (χ2v) is 4.77. The molecule has 0 saturated heterocycles. The van der Waals surface area contributed by atoms with Crippen molar-refractivity contribution in [2.45, 2.75) is 12.5 Å². The smallest absolute Gasteiger partial charge is 0.243 e. The van der Waals surface area contributed by atoms with Crippen LogP contribution in [-0.4, -0.2) is 17.6 Å². The Bertz CT molecular complexity index is 590. The number of rotatable bonds is 6. The number of hydrogen-bond acceptors (Lipinski definition) is 2. The molecule has 0 saturated carbocycles. The molecule has 108 valence electrons. The molecule has 0 radical (unpaired) electrons. The van der Waals surface area contributed by atoms with Gasteiger partial charge in [-0.2, -0.15) is 0 Å². The Morgan fingerprint density at radius 3 is 2.29 bits per heavy atom. The minimum absolute atomic E-state index is 0.0164. The lowest BCUT2D eigenvalue weighted by Gasteiger charge is -2.17. The summed E-state index contributed by atoms with van der Waals surface area (Å²) in [7, 11) is 0. The Hall–Kier alpha value is -2.39. The molecule has 2 aromatic rings. The third kappa shape index (κ3) is 4.04. The molecule has 0 fully saturated rings. The number of aliphatic hydroxyl groups is 1. The zero-order valence-corrected chi connectivity index (χ0v) is 11.8. The van der Waals surface area contributed by atoms with Crippen LogP contribution < -0.4 is 5.32 Å². The van der Waals surface area contributed by atoms with Crippen LogP contribution in [0.4, 0.5) is 0 Å². The van der Waals surface area contributed by atoms with Gasteiger partial charge in [0.2, 0.25) is 5.91 Å². The molecule has 0 aromatic heterocycles. The predicted octanol–water partition coefficient (Wildman–Crippen LogP) is 3.08. The molecule has 1 amide bonds. The normalized spacial score (nSPS) is 11.7. The van der Waals surface area contributed by atoms with Crippen LogP contribution in [0, 0.1) is 0 Å². The van der Waals surface area contributed by atoms with E-state index in [1.807, 2.05) is 42.5 Å². The first-order chi connectivity index (χ1) is 10.2. The number of benzene rings is 2. The predicted molar refractivity (Wildman–Crippen MR) is 84.7 cm³/mol. The van der Waals surface area contributed by atoms with Crippen LogP contribution in [0.2, 0.25) is 0 Å². The molecule has 3 nitrogen and oxygen atoms in total. The molecule has 2 N–H and O–H groups in total. The van der Waals surface area contributed by atoms with Crippen LogP contribution in [0.15, 0.2) is 67.3 Å². The van der Waals surface area contributed by atoms with Crippen molar-refractivity contribution in [3.8, 4) is 11.1 Å². The van der Waals surface area contributed by atoms with Gasteiger partial charge < -0.3 is 10.4 Å². The highest BCUT2D eigenvalue weighted by atomic mass is 16.3. The molecule has 1 atom stereocenters. The summed E-state index contributed by atoms with van der Waals surface area (Å²) >= 11 is 0. The van der Waals surface area contributed by atoms with Crippen LogP contribution >= 0.6 is 0 Å². The zero-order valence-electron chi connectivity index (χ0n) is 11.8. The average Bonchev–Trinajstić information content (AvgIpc) is 2.55. The van der Waals surface area contributed by atoms with E-state index in [-0.39, 0.29) is 18.6 Å². The van der Waals surface area contributed by atoms with Gasteiger partial charge in [0.25, 0.3) is 0 Å². The maximum atomic E-state index is 11.4. The highest BCUT2D eigenvalue weighted by Crippen LogP contribution is 2.23. The molecule has 0 bridgehead atoms. The molecular formula is C18H19NO2. The van der Waals surface area contributed by atoms with Gasteiger partial charge in [0.15, 0.2) is 0 Å². The molecule has 0 heterocycles. The summed E-state index contributed by atoms with van der Waals surface area (Å²) in [6.07, 6.45) is 1.72. The van der Waals surface area contributed by atoms with E-state index >= 15 is 0 Å². The number of hydrogen-bond donors (Lipinski definition) is 2. The van der Waals surface area contributed by atoms with E-state index in [9.17, 15) is 4.79 Å². The quantitative estimate of drug-likeness (QED) is 0.799. The minimum Gasteiger partial charge on any atom is -0.396 e. The number of aliphatic hydroxyl groups excluding tert-OH is 1. The average molecular weight is 281 g/mol. The van der Waals surface area contributed by atoms with Crippen molar-refractivity contribution in [3.63, 3.8) is 0 Å². The first-order valence-corrected chi connectivity index (χ1v) is 6.93. The van der Waals surface area contributed by atoms with E-state index in [0.29, 0.717) is 6.42 Å². The standard InChI is InChI=1S/C18H19NO2/c1-2-18(21)19-17(12-13-20)16-10-8-15(9-11-16)14-6-4-3-5-7-14/h2-11,17,20H,1,12-13H2,(H,19,21)/t17-/m0/s1. The van der Waals surface area contributed by atoms with Crippen LogP contribution in [0.25, 0.3) is 11.1 Å². The molecule has 2 aromatic carbocycles. The van der Waals surface area contributed by atoms with E-state index in [1.54, 1.807) is 0 Å². The first kappa shape index (κ1) is 15.0. The van der Waals surface area contributed by atoms with Crippen molar-refractivity contribution in [1.82, 2.24) is 5.32 Å².